The van der Waals surface area contributed by atoms with Crippen LogP contribution in [0.1, 0.15) is 11.5 Å². The number of rotatable bonds is 3. The maximum atomic E-state index is 11.6. The minimum absolute atomic E-state index is 0.0294. The van der Waals surface area contributed by atoms with Crippen LogP contribution in [-0.4, -0.2) is 34.9 Å². The van der Waals surface area contributed by atoms with E-state index in [1.165, 1.54) is 0 Å². The van der Waals surface area contributed by atoms with E-state index < -0.39 is 0 Å². The average molecular weight is 261 g/mol. The normalized spacial score (nSPS) is 11.2. The van der Waals surface area contributed by atoms with Gasteiger partial charge in [-0.15, -0.1) is 5.10 Å². The first-order chi connectivity index (χ1) is 9.15. The molecule has 3 heterocycles. The molecule has 10 nitrogen and oxygen atoms in total. The lowest BCUT2D eigenvalue weighted by molar-refractivity contribution is 0.630. The van der Waals surface area contributed by atoms with Crippen molar-refractivity contribution in [3.63, 3.8) is 0 Å². The number of nitrogens with one attached hydrogen (secondary N) is 2. The molecular weight excluding hydrogens is 250 g/mol. The van der Waals surface area contributed by atoms with E-state index >= 15 is 0 Å². The summed E-state index contributed by atoms with van der Waals surface area (Å²) in [6.07, 6.45) is 1.71. The third-order valence-electron chi connectivity index (χ3n) is 2.54. The van der Waals surface area contributed by atoms with Crippen molar-refractivity contribution in [2.24, 2.45) is 5.73 Å². The topological polar surface area (TPSA) is 157 Å². The molecule has 0 unspecified atom stereocenters. The first kappa shape index (κ1) is 11.3. The van der Waals surface area contributed by atoms with Gasteiger partial charge in [0.05, 0.1) is 11.9 Å². The maximum Gasteiger partial charge on any atom is 0.278 e. The van der Waals surface area contributed by atoms with E-state index in [4.69, 9.17) is 11.5 Å². The molecule has 3 aromatic rings. The molecule has 98 valence electrons. The molecule has 19 heavy (non-hydrogen) atoms. The highest BCUT2D eigenvalue weighted by Crippen LogP contribution is 2.06. The molecule has 0 atom stereocenters. The van der Waals surface area contributed by atoms with Crippen LogP contribution in [0.25, 0.3) is 11.2 Å². The number of aromatic nitrogens is 7. The summed E-state index contributed by atoms with van der Waals surface area (Å²) in [5, 5.41) is 7.75. The fourth-order valence-electron chi connectivity index (χ4n) is 1.71. The van der Waals surface area contributed by atoms with Gasteiger partial charge in [0.2, 0.25) is 5.95 Å². The number of nitrogens with two attached hydrogens (primary N) is 2. The molecule has 0 aliphatic carbocycles. The third-order valence-corrected chi connectivity index (χ3v) is 2.54. The van der Waals surface area contributed by atoms with Gasteiger partial charge in [-0.2, -0.15) is 4.98 Å². The van der Waals surface area contributed by atoms with Crippen molar-refractivity contribution < 1.29 is 0 Å². The van der Waals surface area contributed by atoms with Crippen LogP contribution in [0, 0.1) is 0 Å². The second kappa shape index (κ2) is 4.17. The Kier molecular flexibility index (Phi) is 2.49. The fraction of sp³-hybridized carbons (Fsp3) is 0.222. The molecule has 0 aliphatic rings. The zero-order valence-electron chi connectivity index (χ0n) is 9.79. The molecule has 0 aromatic carbocycles. The second-order valence-corrected chi connectivity index (χ2v) is 3.94. The van der Waals surface area contributed by atoms with E-state index in [1.807, 2.05) is 0 Å². The largest absolute Gasteiger partial charge is 0.369 e. The average Bonchev–Trinajstić information content (AvgIpc) is 2.96. The van der Waals surface area contributed by atoms with Crippen LogP contribution in [-0.2, 0) is 13.1 Å². The van der Waals surface area contributed by atoms with Crippen molar-refractivity contribution in [1.82, 2.24) is 34.9 Å². The van der Waals surface area contributed by atoms with Crippen LogP contribution >= 0.6 is 0 Å². The Balaban J connectivity index is 1.97. The van der Waals surface area contributed by atoms with Crippen molar-refractivity contribution in [3.05, 3.63) is 28.1 Å². The van der Waals surface area contributed by atoms with Crippen LogP contribution in [0.4, 0.5) is 5.95 Å². The first-order valence-corrected chi connectivity index (χ1v) is 5.49. The molecule has 10 heteroatoms. The van der Waals surface area contributed by atoms with E-state index in [9.17, 15) is 4.79 Å². The summed E-state index contributed by atoms with van der Waals surface area (Å²) in [6, 6.07) is 0. The smallest absolute Gasteiger partial charge is 0.278 e. The van der Waals surface area contributed by atoms with E-state index in [2.05, 4.69) is 30.2 Å². The van der Waals surface area contributed by atoms with Crippen molar-refractivity contribution in [2.75, 3.05) is 5.73 Å². The maximum absolute atomic E-state index is 11.6. The van der Waals surface area contributed by atoms with Gasteiger partial charge in [0.25, 0.3) is 5.56 Å². The van der Waals surface area contributed by atoms with Gasteiger partial charge in [-0.3, -0.25) is 9.78 Å². The molecule has 0 saturated heterocycles. The molecule has 0 radical (unpaired) electrons. The first-order valence-electron chi connectivity index (χ1n) is 5.49. The van der Waals surface area contributed by atoms with Gasteiger partial charge in [-0.25, -0.2) is 9.67 Å². The van der Waals surface area contributed by atoms with Gasteiger partial charge in [0, 0.05) is 6.54 Å². The lowest BCUT2D eigenvalue weighted by Gasteiger charge is -1.94. The van der Waals surface area contributed by atoms with Gasteiger partial charge in [-0.1, -0.05) is 5.21 Å². The quantitative estimate of drug-likeness (QED) is 0.438. The summed E-state index contributed by atoms with van der Waals surface area (Å²) < 4.78 is 1.57. The van der Waals surface area contributed by atoms with Crippen molar-refractivity contribution in [1.29, 1.82) is 0 Å². The number of H-pyrrole nitrogens is 2. The number of nitrogens with zero attached hydrogens (tertiary/aromatic N) is 5. The van der Waals surface area contributed by atoms with Crippen molar-refractivity contribution in [2.45, 2.75) is 13.1 Å². The van der Waals surface area contributed by atoms with E-state index in [0.29, 0.717) is 24.6 Å². The van der Waals surface area contributed by atoms with Crippen LogP contribution in [0.5, 0.6) is 0 Å². The summed E-state index contributed by atoms with van der Waals surface area (Å²) >= 11 is 0. The number of aromatic amines is 2. The lowest BCUT2D eigenvalue weighted by atomic mass is 10.5. The standard InChI is InChI=1S/C9H11N9O/c10-1-4-2-18(17-16-4)3-5-12-6-7(13-5)14-9(11)15-8(6)19/h2H,1,3,10H2,(H4,11,12,13,14,15,19). The van der Waals surface area contributed by atoms with Crippen LogP contribution in [0.3, 0.4) is 0 Å². The zero-order valence-corrected chi connectivity index (χ0v) is 9.79. The Hall–Kier alpha value is -2.75. The molecule has 0 aliphatic heterocycles. The van der Waals surface area contributed by atoms with E-state index in [0.717, 1.165) is 0 Å². The van der Waals surface area contributed by atoms with Crippen LogP contribution in [0.15, 0.2) is 11.0 Å². The van der Waals surface area contributed by atoms with Crippen LogP contribution in [0.2, 0.25) is 0 Å². The van der Waals surface area contributed by atoms with Gasteiger partial charge in [-0.05, 0) is 0 Å². The second-order valence-electron chi connectivity index (χ2n) is 3.94. The number of nitrogen functional groups attached to an aromatic ring is 1. The summed E-state index contributed by atoms with van der Waals surface area (Å²) in [5.41, 5.74) is 11.8. The van der Waals surface area contributed by atoms with Gasteiger partial charge in [0.1, 0.15) is 12.4 Å². The Morgan fingerprint density at radius 2 is 2.16 bits per heavy atom. The highest BCUT2D eigenvalue weighted by Gasteiger charge is 2.09. The van der Waals surface area contributed by atoms with Gasteiger partial charge < -0.3 is 16.5 Å². The number of hydrogen-bond acceptors (Lipinski definition) is 7. The molecule has 3 rings (SSSR count). The minimum Gasteiger partial charge on any atom is -0.369 e. The monoisotopic (exact) mass is 261 g/mol. The molecule has 0 spiro atoms. The summed E-state index contributed by atoms with van der Waals surface area (Å²) in [7, 11) is 0. The molecule has 0 bridgehead atoms. The third kappa shape index (κ3) is 2.04. The summed E-state index contributed by atoms with van der Waals surface area (Å²) in [4.78, 5) is 25.0. The predicted molar refractivity (Wildman–Crippen MR) is 65.9 cm³/mol. The molecule has 0 fully saturated rings. The number of anilines is 1. The molecule has 3 aromatic heterocycles. The molecular formula is C9H11N9O. The number of hydrogen-bond donors (Lipinski definition) is 4. The Labute approximate surface area is 105 Å². The minimum atomic E-state index is -0.359. The predicted octanol–water partition coefficient (Wildman–Crippen LogP) is -1.67. The molecule has 6 N–H and O–H groups in total. The Morgan fingerprint density at radius 3 is 2.89 bits per heavy atom. The van der Waals surface area contributed by atoms with Crippen molar-refractivity contribution in [3.8, 4) is 0 Å². The molecule has 0 amide bonds. The number of fused-ring (bicyclic) bond motifs is 1. The highest BCUT2D eigenvalue weighted by molar-refractivity contribution is 5.70. The Bertz CT molecular complexity index is 782. The van der Waals surface area contributed by atoms with Gasteiger partial charge in [0.15, 0.2) is 11.2 Å². The summed E-state index contributed by atoms with van der Waals surface area (Å²) in [6.45, 7) is 0.653. The molecule has 0 saturated carbocycles. The van der Waals surface area contributed by atoms with Gasteiger partial charge >= 0.3 is 0 Å². The Morgan fingerprint density at radius 1 is 1.32 bits per heavy atom. The number of imidazole rings is 1. The van der Waals surface area contributed by atoms with Crippen LogP contribution < -0.4 is 17.0 Å². The highest BCUT2D eigenvalue weighted by atomic mass is 16.1. The van der Waals surface area contributed by atoms with E-state index in [1.54, 1.807) is 10.9 Å². The van der Waals surface area contributed by atoms with Crippen molar-refractivity contribution >= 4 is 17.1 Å². The summed E-state index contributed by atoms with van der Waals surface area (Å²) in [5.74, 6) is 0.564. The fourth-order valence-corrected chi connectivity index (χ4v) is 1.71. The SMILES string of the molecule is NCc1cn(Cc2nc3nc(N)[nH]c(=O)c3[nH]2)nn1. The van der Waals surface area contributed by atoms with E-state index in [-0.39, 0.29) is 22.7 Å². The zero-order chi connectivity index (χ0) is 13.4. The lowest BCUT2D eigenvalue weighted by Crippen LogP contribution is -2.10.